The normalized spacial score (nSPS) is 16.8. The Morgan fingerprint density at radius 1 is 1.22 bits per heavy atom. The van der Waals surface area contributed by atoms with Gasteiger partial charge in [0.1, 0.15) is 11.6 Å². The molecular weight excluding hydrogens is 228 g/mol. The van der Waals surface area contributed by atoms with E-state index >= 15 is 0 Å². The molecule has 2 atom stereocenters. The van der Waals surface area contributed by atoms with Crippen LogP contribution in [-0.4, -0.2) is 22.3 Å². The van der Waals surface area contributed by atoms with E-state index < -0.39 is 5.60 Å². The van der Waals surface area contributed by atoms with Crippen molar-refractivity contribution in [2.75, 3.05) is 0 Å². The number of Topliss-reactive ketones (excluding diaryl/α,β-unsaturated/α-hetero) is 2. The van der Waals surface area contributed by atoms with E-state index in [4.69, 9.17) is 0 Å². The van der Waals surface area contributed by atoms with Crippen LogP contribution in [0.5, 0.6) is 0 Å². The lowest BCUT2D eigenvalue weighted by Crippen LogP contribution is -2.24. The summed E-state index contributed by atoms with van der Waals surface area (Å²) in [5.41, 5.74) is -1.09. The van der Waals surface area contributed by atoms with Crippen LogP contribution in [0.2, 0.25) is 0 Å². The lowest BCUT2D eigenvalue weighted by molar-refractivity contribution is -0.120. The van der Waals surface area contributed by atoms with Crippen LogP contribution in [0.15, 0.2) is 12.2 Å². The van der Waals surface area contributed by atoms with Gasteiger partial charge in [0.2, 0.25) is 0 Å². The van der Waals surface area contributed by atoms with Gasteiger partial charge in [0.25, 0.3) is 0 Å². The molecule has 0 aliphatic carbocycles. The van der Waals surface area contributed by atoms with Gasteiger partial charge >= 0.3 is 0 Å². The van der Waals surface area contributed by atoms with Crippen LogP contribution < -0.4 is 0 Å². The van der Waals surface area contributed by atoms with Gasteiger partial charge in [0.05, 0.1) is 5.60 Å². The molecule has 0 fully saturated rings. The van der Waals surface area contributed by atoms with E-state index in [0.29, 0.717) is 12.3 Å². The van der Waals surface area contributed by atoms with Crippen molar-refractivity contribution >= 4 is 11.6 Å². The third-order valence-corrected chi connectivity index (χ3v) is 3.00. The average Bonchev–Trinajstić information content (AvgIpc) is 2.13. The summed E-state index contributed by atoms with van der Waals surface area (Å²) >= 11 is 0. The molecular formula is C15H26O3. The Hall–Kier alpha value is -0.960. The predicted octanol–water partition coefficient (Wildman–Crippen LogP) is 2.91. The van der Waals surface area contributed by atoms with Gasteiger partial charge in [-0.25, -0.2) is 0 Å². The zero-order valence-corrected chi connectivity index (χ0v) is 12.2. The Balaban J connectivity index is 4.56. The quantitative estimate of drug-likeness (QED) is 0.678. The Kier molecular flexibility index (Phi) is 7.07. The van der Waals surface area contributed by atoms with Crippen molar-refractivity contribution < 1.29 is 14.7 Å². The number of ketones is 2. The van der Waals surface area contributed by atoms with Crippen LogP contribution in [0.25, 0.3) is 0 Å². The van der Waals surface area contributed by atoms with E-state index in [9.17, 15) is 14.7 Å². The summed E-state index contributed by atoms with van der Waals surface area (Å²) < 4.78 is 0. The van der Waals surface area contributed by atoms with Crippen LogP contribution in [0.3, 0.4) is 0 Å². The zero-order valence-electron chi connectivity index (χ0n) is 12.2. The van der Waals surface area contributed by atoms with Crippen LogP contribution in [0, 0.1) is 11.8 Å². The maximum Gasteiger partial charge on any atom is 0.133 e. The van der Waals surface area contributed by atoms with Crippen molar-refractivity contribution in [1.29, 1.82) is 0 Å². The van der Waals surface area contributed by atoms with Gasteiger partial charge in [-0.3, -0.25) is 4.79 Å². The second kappa shape index (κ2) is 7.47. The highest BCUT2D eigenvalue weighted by Gasteiger charge is 2.20. The molecule has 0 rings (SSSR count). The first kappa shape index (κ1) is 17.0. The fraction of sp³-hybridized carbons (Fsp3) is 0.733. The molecule has 0 bridgehead atoms. The number of hydrogen-bond acceptors (Lipinski definition) is 3. The van der Waals surface area contributed by atoms with Gasteiger partial charge in [0, 0.05) is 12.8 Å². The van der Waals surface area contributed by atoms with E-state index in [1.165, 1.54) is 6.92 Å². The highest BCUT2D eigenvalue weighted by molar-refractivity contribution is 5.77. The Morgan fingerprint density at radius 3 is 2.17 bits per heavy atom. The standard InChI is InChI=1S/C15H26O3/c1-11(2)14(7-6-12(3)16)8-9-15(5,18)10-13(4)17/h8-9,11,14,18H,6-7,10H2,1-5H3. The smallest absolute Gasteiger partial charge is 0.133 e. The minimum absolute atomic E-state index is 0.0329. The second-order valence-electron chi connectivity index (χ2n) is 5.74. The number of rotatable bonds is 8. The minimum atomic E-state index is -1.09. The molecule has 0 amide bonds. The van der Waals surface area contributed by atoms with Crippen molar-refractivity contribution in [1.82, 2.24) is 0 Å². The summed E-state index contributed by atoms with van der Waals surface area (Å²) in [4.78, 5) is 22.0. The molecule has 0 radical (unpaired) electrons. The number of aliphatic hydroxyl groups is 1. The molecule has 2 unspecified atom stereocenters. The second-order valence-corrected chi connectivity index (χ2v) is 5.74. The van der Waals surface area contributed by atoms with Crippen molar-refractivity contribution in [3.05, 3.63) is 12.2 Å². The molecule has 104 valence electrons. The van der Waals surface area contributed by atoms with Crippen LogP contribution in [0.4, 0.5) is 0 Å². The summed E-state index contributed by atoms with van der Waals surface area (Å²) in [5, 5.41) is 10.0. The van der Waals surface area contributed by atoms with E-state index in [0.717, 1.165) is 6.42 Å². The molecule has 0 saturated heterocycles. The predicted molar refractivity (Wildman–Crippen MR) is 73.3 cm³/mol. The van der Waals surface area contributed by atoms with Crippen LogP contribution in [-0.2, 0) is 9.59 Å². The molecule has 18 heavy (non-hydrogen) atoms. The van der Waals surface area contributed by atoms with Crippen molar-refractivity contribution in [3.63, 3.8) is 0 Å². The first-order valence-electron chi connectivity index (χ1n) is 6.54. The maximum atomic E-state index is 11.0. The molecule has 0 saturated carbocycles. The van der Waals surface area contributed by atoms with Crippen molar-refractivity contribution in [2.24, 2.45) is 11.8 Å². The molecule has 0 aromatic carbocycles. The van der Waals surface area contributed by atoms with Gasteiger partial charge in [-0.15, -0.1) is 0 Å². The molecule has 0 spiro atoms. The summed E-state index contributed by atoms with van der Waals surface area (Å²) in [7, 11) is 0. The fourth-order valence-electron chi connectivity index (χ4n) is 1.92. The third-order valence-electron chi connectivity index (χ3n) is 3.00. The van der Waals surface area contributed by atoms with E-state index in [-0.39, 0.29) is 23.9 Å². The van der Waals surface area contributed by atoms with Gasteiger partial charge in [-0.05, 0) is 39.0 Å². The van der Waals surface area contributed by atoms with E-state index in [2.05, 4.69) is 13.8 Å². The van der Waals surface area contributed by atoms with Crippen LogP contribution in [0.1, 0.15) is 53.9 Å². The minimum Gasteiger partial charge on any atom is -0.386 e. The van der Waals surface area contributed by atoms with Crippen molar-refractivity contribution in [3.8, 4) is 0 Å². The van der Waals surface area contributed by atoms with Gasteiger partial charge in [-0.2, -0.15) is 0 Å². The summed E-state index contributed by atoms with van der Waals surface area (Å²) in [6.07, 6.45) is 5.11. The third kappa shape index (κ3) is 8.18. The number of allylic oxidation sites excluding steroid dienone is 1. The highest BCUT2D eigenvalue weighted by Crippen LogP contribution is 2.21. The van der Waals surface area contributed by atoms with Gasteiger partial charge in [-0.1, -0.05) is 26.0 Å². The molecule has 0 aromatic rings. The molecule has 3 heteroatoms. The summed E-state index contributed by atoms with van der Waals surface area (Å²) in [5.74, 6) is 0.820. The highest BCUT2D eigenvalue weighted by atomic mass is 16.3. The summed E-state index contributed by atoms with van der Waals surface area (Å²) in [6.45, 7) is 8.88. The SMILES string of the molecule is CC(=O)CCC(C=CC(C)(O)CC(C)=O)C(C)C. The Bertz CT molecular complexity index is 314. The number of hydrogen-bond donors (Lipinski definition) is 1. The topological polar surface area (TPSA) is 54.4 Å². The molecule has 0 aliphatic heterocycles. The molecule has 0 aromatic heterocycles. The Labute approximate surface area is 110 Å². The van der Waals surface area contributed by atoms with E-state index in [1.807, 2.05) is 6.08 Å². The molecule has 0 aliphatic rings. The fourth-order valence-corrected chi connectivity index (χ4v) is 1.92. The Morgan fingerprint density at radius 2 is 1.78 bits per heavy atom. The van der Waals surface area contributed by atoms with Crippen molar-refractivity contribution in [2.45, 2.75) is 59.5 Å². The largest absolute Gasteiger partial charge is 0.386 e. The molecule has 3 nitrogen and oxygen atoms in total. The molecule has 1 N–H and O–H groups in total. The number of carbonyl (C=O) groups is 2. The van der Waals surface area contributed by atoms with Crippen LogP contribution >= 0.6 is 0 Å². The average molecular weight is 254 g/mol. The van der Waals surface area contributed by atoms with E-state index in [1.54, 1.807) is 19.9 Å². The summed E-state index contributed by atoms with van der Waals surface area (Å²) in [6, 6.07) is 0. The zero-order chi connectivity index (χ0) is 14.3. The lowest BCUT2D eigenvalue weighted by atomic mass is 9.88. The molecule has 0 heterocycles. The van der Waals surface area contributed by atoms with Gasteiger partial charge in [0.15, 0.2) is 0 Å². The first-order chi connectivity index (χ1) is 8.14. The maximum absolute atomic E-state index is 11.0. The van der Waals surface area contributed by atoms with Gasteiger partial charge < -0.3 is 9.90 Å². The lowest BCUT2D eigenvalue weighted by Gasteiger charge is -2.21. The monoisotopic (exact) mass is 254 g/mol. The first-order valence-corrected chi connectivity index (χ1v) is 6.54. The number of carbonyl (C=O) groups excluding carboxylic acids is 2.